The number of carbonyl (C=O) groups is 1. The van der Waals surface area contributed by atoms with Gasteiger partial charge in [0.15, 0.2) is 11.7 Å². The topological polar surface area (TPSA) is 63.8 Å². The molecule has 1 saturated heterocycles. The van der Waals surface area contributed by atoms with Gasteiger partial charge in [-0.3, -0.25) is 4.79 Å². The molecule has 3 heterocycles. The van der Waals surface area contributed by atoms with Crippen LogP contribution in [0.15, 0.2) is 42.6 Å². The van der Waals surface area contributed by atoms with E-state index in [1.54, 1.807) is 29.7 Å². The molecule has 1 amide bonds. The average Bonchev–Trinajstić information content (AvgIpc) is 3.07. The van der Waals surface area contributed by atoms with E-state index >= 15 is 0 Å². The molecule has 4 rings (SSSR count). The molecule has 0 atom stereocenters. The molecule has 1 aliphatic rings. The molecular formula is C19H22ClN5OS+2. The highest BCUT2D eigenvalue weighted by molar-refractivity contribution is 7.18. The molecule has 2 aromatic heterocycles. The molecule has 0 radical (unpaired) electrons. The fourth-order valence-corrected chi connectivity index (χ4v) is 4.63. The van der Waals surface area contributed by atoms with Gasteiger partial charge in [0.05, 0.1) is 15.9 Å². The summed E-state index contributed by atoms with van der Waals surface area (Å²) in [5.41, 5.74) is 1.66. The lowest BCUT2D eigenvalue weighted by atomic mass is 10.3. The Hall–Kier alpha value is -2.06. The predicted molar refractivity (Wildman–Crippen MR) is 107 cm³/mol. The number of benzene rings is 1. The van der Waals surface area contributed by atoms with Crippen LogP contribution >= 0.6 is 22.9 Å². The fraction of sp³-hybridized carbons (Fsp3) is 0.316. The molecule has 0 bridgehead atoms. The van der Waals surface area contributed by atoms with E-state index in [4.69, 9.17) is 16.6 Å². The first kappa shape index (κ1) is 18.3. The fourth-order valence-electron chi connectivity index (χ4n) is 3.42. The van der Waals surface area contributed by atoms with Crippen LogP contribution in [0.3, 0.4) is 0 Å². The highest BCUT2D eigenvalue weighted by Gasteiger charge is 2.25. The highest BCUT2D eigenvalue weighted by Crippen LogP contribution is 2.20. The van der Waals surface area contributed by atoms with E-state index in [1.165, 1.54) is 19.5 Å². The van der Waals surface area contributed by atoms with Gasteiger partial charge in [-0.1, -0.05) is 23.7 Å². The molecule has 0 spiro atoms. The second-order valence-electron chi connectivity index (χ2n) is 6.82. The van der Waals surface area contributed by atoms with Crippen LogP contribution in [0.2, 0.25) is 5.15 Å². The predicted octanol–water partition coefficient (Wildman–Crippen LogP) is 0.267. The van der Waals surface area contributed by atoms with Crippen molar-refractivity contribution in [3.8, 4) is 0 Å². The van der Waals surface area contributed by atoms with Crippen LogP contribution in [0.4, 0.5) is 5.69 Å². The Kier molecular flexibility index (Phi) is 5.63. The third-order valence-electron chi connectivity index (χ3n) is 4.85. The third-order valence-corrected chi connectivity index (χ3v) is 6.18. The number of hydrogen-bond donors (Lipinski definition) is 3. The number of fused-ring (bicyclic) bond motifs is 1. The Labute approximate surface area is 166 Å². The number of piperazine rings is 1. The van der Waals surface area contributed by atoms with Crippen LogP contribution in [0.1, 0.15) is 5.01 Å². The molecule has 0 unspecified atom stereocenters. The number of quaternary nitrogens is 2. The van der Waals surface area contributed by atoms with Gasteiger partial charge in [0, 0.05) is 6.20 Å². The lowest BCUT2D eigenvalue weighted by molar-refractivity contribution is -1.01. The van der Waals surface area contributed by atoms with Crippen LogP contribution in [0.5, 0.6) is 0 Å². The van der Waals surface area contributed by atoms with Gasteiger partial charge in [0.2, 0.25) is 0 Å². The van der Waals surface area contributed by atoms with Crippen LogP contribution in [0.25, 0.3) is 10.2 Å². The highest BCUT2D eigenvalue weighted by atomic mass is 35.5. The maximum atomic E-state index is 12.3. The van der Waals surface area contributed by atoms with E-state index < -0.39 is 0 Å². The number of hydrogen-bond acceptors (Lipinski definition) is 4. The third kappa shape index (κ3) is 4.62. The molecule has 6 nitrogen and oxygen atoms in total. The Balaban J connectivity index is 1.26. The van der Waals surface area contributed by atoms with Crippen LogP contribution < -0.4 is 15.1 Å². The number of pyridine rings is 1. The minimum absolute atomic E-state index is 0.0190. The molecule has 1 aromatic carbocycles. The van der Waals surface area contributed by atoms with Gasteiger partial charge < -0.3 is 15.1 Å². The summed E-state index contributed by atoms with van der Waals surface area (Å²) >= 11 is 7.78. The van der Waals surface area contributed by atoms with Crippen molar-refractivity contribution in [3.05, 3.63) is 52.8 Å². The normalized spacial score (nSPS) is 19.9. The van der Waals surface area contributed by atoms with Gasteiger partial charge in [-0.2, -0.15) is 0 Å². The molecule has 3 N–H and O–H groups in total. The van der Waals surface area contributed by atoms with Crippen LogP contribution in [-0.4, -0.2) is 48.6 Å². The number of rotatable bonds is 5. The summed E-state index contributed by atoms with van der Waals surface area (Å²) in [6, 6.07) is 11.8. The van der Waals surface area contributed by atoms with Crippen molar-refractivity contribution >= 4 is 44.7 Å². The van der Waals surface area contributed by atoms with Crippen molar-refractivity contribution in [1.82, 2.24) is 9.97 Å². The van der Waals surface area contributed by atoms with Crippen LogP contribution in [0, 0.1) is 0 Å². The van der Waals surface area contributed by atoms with Gasteiger partial charge in [-0.25, -0.2) is 9.97 Å². The zero-order chi connectivity index (χ0) is 18.6. The Morgan fingerprint density at radius 1 is 1.11 bits per heavy atom. The molecule has 8 heteroatoms. The second kappa shape index (κ2) is 8.31. The second-order valence-corrected chi connectivity index (χ2v) is 8.29. The SMILES string of the molecule is O=C(C[NH+]1CC[NH+](Cc2nc3ccccc3s2)CC1)Nc1cccnc1Cl. The first-order valence-electron chi connectivity index (χ1n) is 9.09. The first-order chi connectivity index (χ1) is 13.2. The number of nitrogens with one attached hydrogen (secondary N) is 3. The summed E-state index contributed by atoms with van der Waals surface area (Å²) < 4.78 is 1.25. The first-order valence-corrected chi connectivity index (χ1v) is 10.3. The molecule has 0 saturated carbocycles. The molecule has 0 aliphatic carbocycles. The lowest BCUT2D eigenvalue weighted by Gasteiger charge is -2.28. The Bertz CT molecular complexity index is 906. The summed E-state index contributed by atoms with van der Waals surface area (Å²) in [6.45, 7) is 5.48. The smallest absolute Gasteiger partial charge is 0.279 e. The molecule has 1 fully saturated rings. The number of thiazole rings is 1. The molecule has 27 heavy (non-hydrogen) atoms. The molecule has 140 valence electrons. The summed E-state index contributed by atoms with van der Waals surface area (Å²) in [5.74, 6) is -0.0190. The van der Waals surface area contributed by atoms with E-state index in [2.05, 4.69) is 28.5 Å². The van der Waals surface area contributed by atoms with E-state index in [9.17, 15) is 4.79 Å². The molecule has 3 aromatic rings. The summed E-state index contributed by atoms with van der Waals surface area (Å²) in [4.78, 5) is 23.8. The maximum absolute atomic E-state index is 12.3. The van der Waals surface area contributed by atoms with Crippen molar-refractivity contribution in [1.29, 1.82) is 0 Å². The quantitative estimate of drug-likeness (QED) is 0.536. The van der Waals surface area contributed by atoms with Gasteiger partial charge in [-0.15, -0.1) is 11.3 Å². The van der Waals surface area contributed by atoms with E-state index in [-0.39, 0.29) is 5.91 Å². The largest absolute Gasteiger partial charge is 0.320 e. The number of anilines is 1. The zero-order valence-corrected chi connectivity index (χ0v) is 16.4. The lowest BCUT2D eigenvalue weighted by Crippen LogP contribution is -3.28. The zero-order valence-electron chi connectivity index (χ0n) is 14.9. The van der Waals surface area contributed by atoms with E-state index in [0.29, 0.717) is 17.4 Å². The van der Waals surface area contributed by atoms with Crippen LogP contribution in [-0.2, 0) is 11.3 Å². The van der Waals surface area contributed by atoms with Crippen molar-refractivity contribution < 1.29 is 14.6 Å². The average molecular weight is 404 g/mol. The maximum Gasteiger partial charge on any atom is 0.279 e. The summed E-state index contributed by atoms with van der Waals surface area (Å²) in [6.07, 6.45) is 1.61. The standard InChI is InChI=1S/C19H20ClN5OS/c20-19-15(5-3-7-21-19)22-17(26)12-24-8-10-25(11-9-24)13-18-23-14-4-1-2-6-16(14)27-18/h1-7H,8-13H2,(H,22,26)/p+2. The summed E-state index contributed by atoms with van der Waals surface area (Å²) in [5, 5.41) is 4.37. The molecular weight excluding hydrogens is 382 g/mol. The van der Waals surface area contributed by atoms with Crippen molar-refractivity contribution in [3.63, 3.8) is 0 Å². The Morgan fingerprint density at radius 3 is 2.67 bits per heavy atom. The van der Waals surface area contributed by atoms with E-state index in [1.807, 2.05) is 6.07 Å². The van der Waals surface area contributed by atoms with Gasteiger partial charge in [-0.05, 0) is 24.3 Å². The number of para-hydroxylation sites is 1. The number of amides is 1. The van der Waals surface area contributed by atoms with Gasteiger partial charge in [0.25, 0.3) is 5.91 Å². The van der Waals surface area contributed by atoms with Crippen molar-refractivity contribution in [2.45, 2.75) is 6.54 Å². The van der Waals surface area contributed by atoms with Crippen molar-refractivity contribution in [2.24, 2.45) is 0 Å². The van der Waals surface area contributed by atoms with Gasteiger partial charge >= 0.3 is 0 Å². The number of nitrogens with zero attached hydrogens (tertiary/aromatic N) is 2. The molecule has 1 aliphatic heterocycles. The minimum atomic E-state index is -0.0190. The number of halogens is 1. The Morgan fingerprint density at radius 2 is 1.89 bits per heavy atom. The van der Waals surface area contributed by atoms with Gasteiger partial charge in [0.1, 0.15) is 37.7 Å². The number of aromatic nitrogens is 2. The summed E-state index contributed by atoms with van der Waals surface area (Å²) in [7, 11) is 0. The minimum Gasteiger partial charge on any atom is -0.320 e. The monoisotopic (exact) mass is 403 g/mol. The van der Waals surface area contributed by atoms with Crippen molar-refractivity contribution in [2.75, 3.05) is 38.0 Å². The van der Waals surface area contributed by atoms with E-state index in [0.717, 1.165) is 38.2 Å². The number of carbonyl (C=O) groups excluding carboxylic acids is 1.